The number of benzene rings is 1. The normalized spacial score (nSPS) is 17.5. The van der Waals surface area contributed by atoms with Crippen molar-refractivity contribution in [1.29, 1.82) is 0 Å². The van der Waals surface area contributed by atoms with E-state index in [0.29, 0.717) is 0 Å². The predicted octanol–water partition coefficient (Wildman–Crippen LogP) is 1.10. The van der Waals surface area contributed by atoms with Crippen LogP contribution in [0.3, 0.4) is 0 Å². The molecule has 19 heavy (non-hydrogen) atoms. The smallest absolute Gasteiger partial charge is 0.307 e. The summed E-state index contributed by atoms with van der Waals surface area (Å²) in [7, 11) is 2.17. The monoisotopic (exact) mass is 262 g/mol. The predicted molar refractivity (Wildman–Crippen MR) is 75.4 cm³/mol. The molecule has 0 amide bonds. The first-order valence-corrected chi connectivity index (χ1v) is 6.84. The number of hydrogen-bond donors (Lipinski definition) is 1. The second-order valence-electron chi connectivity index (χ2n) is 5.28. The van der Waals surface area contributed by atoms with E-state index in [0.717, 1.165) is 44.7 Å². The van der Waals surface area contributed by atoms with Crippen molar-refractivity contribution < 1.29 is 9.90 Å². The number of nitrogens with zero attached hydrogens (tertiary/aromatic N) is 2. The Kier molecular flexibility index (Phi) is 4.93. The van der Waals surface area contributed by atoms with Gasteiger partial charge in [-0.25, -0.2) is 0 Å². The molecule has 1 fully saturated rings. The molecule has 1 aromatic rings. The minimum absolute atomic E-state index is 0.110. The Morgan fingerprint density at radius 3 is 2.26 bits per heavy atom. The highest BCUT2D eigenvalue weighted by Crippen LogP contribution is 2.08. The molecule has 0 atom stereocenters. The van der Waals surface area contributed by atoms with Crippen LogP contribution in [-0.4, -0.2) is 60.6 Å². The van der Waals surface area contributed by atoms with Gasteiger partial charge in [0.25, 0.3) is 0 Å². The minimum Gasteiger partial charge on any atom is -0.481 e. The lowest BCUT2D eigenvalue weighted by molar-refractivity contribution is -0.136. The molecule has 4 heteroatoms. The second kappa shape index (κ2) is 6.68. The molecule has 4 nitrogen and oxygen atoms in total. The zero-order valence-corrected chi connectivity index (χ0v) is 11.5. The van der Waals surface area contributed by atoms with Gasteiger partial charge in [0.1, 0.15) is 0 Å². The van der Waals surface area contributed by atoms with Gasteiger partial charge in [0.05, 0.1) is 6.42 Å². The third-order valence-electron chi connectivity index (χ3n) is 3.69. The third kappa shape index (κ3) is 4.65. The molecule has 1 heterocycles. The molecule has 0 saturated carbocycles. The molecule has 0 bridgehead atoms. The number of aliphatic carboxylic acids is 1. The standard InChI is InChI=1S/C15H22N2O2/c1-16-8-10-17(11-9-16)7-6-13-2-4-14(5-3-13)12-15(18)19/h2-5H,6-12H2,1H3,(H,18,19). The third-order valence-corrected chi connectivity index (χ3v) is 3.69. The van der Waals surface area contributed by atoms with Crippen molar-refractivity contribution >= 4 is 5.97 Å². The van der Waals surface area contributed by atoms with Gasteiger partial charge in [-0.2, -0.15) is 0 Å². The summed E-state index contributed by atoms with van der Waals surface area (Å²) in [6.45, 7) is 5.68. The Balaban J connectivity index is 1.78. The Morgan fingerprint density at radius 1 is 1.11 bits per heavy atom. The summed E-state index contributed by atoms with van der Waals surface area (Å²) in [5.41, 5.74) is 2.16. The lowest BCUT2D eigenvalue weighted by Gasteiger charge is -2.32. The van der Waals surface area contributed by atoms with Gasteiger partial charge in [-0.05, 0) is 24.6 Å². The minimum atomic E-state index is -0.773. The van der Waals surface area contributed by atoms with Gasteiger partial charge in [0, 0.05) is 32.7 Å². The van der Waals surface area contributed by atoms with Gasteiger partial charge in [-0.1, -0.05) is 24.3 Å². The summed E-state index contributed by atoms with van der Waals surface area (Å²) >= 11 is 0. The maximum Gasteiger partial charge on any atom is 0.307 e. The van der Waals surface area contributed by atoms with E-state index in [-0.39, 0.29) is 6.42 Å². The van der Waals surface area contributed by atoms with Crippen molar-refractivity contribution in [1.82, 2.24) is 9.80 Å². The summed E-state index contributed by atoms with van der Waals surface area (Å²) in [6.07, 6.45) is 1.15. The summed E-state index contributed by atoms with van der Waals surface area (Å²) in [6, 6.07) is 7.95. The molecule has 1 aromatic carbocycles. The average Bonchev–Trinajstić information content (AvgIpc) is 2.39. The molecular weight excluding hydrogens is 240 g/mol. The van der Waals surface area contributed by atoms with E-state index in [4.69, 9.17) is 5.11 Å². The molecule has 2 rings (SSSR count). The molecule has 0 aliphatic carbocycles. The summed E-state index contributed by atoms with van der Waals surface area (Å²) in [5, 5.41) is 8.72. The van der Waals surface area contributed by atoms with Gasteiger partial charge in [-0.15, -0.1) is 0 Å². The molecule has 0 unspecified atom stereocenters. The fourth-order valence-corrected chi connectivity index (χ4v) is 2.36. The molecule has 1 saturated heterocycles. The molecule has 104 valence electrons. The lowest BCUT2D eigenvalue weighted by Crippen LogP contribution is -2.45. The highest BCUT2D eigenvalue weighted by atomic mass is 16.4. The molecule has 1 aliphatic heterocycles. The van der Waals surface area contributed by atoms with Gasteiger partial charge in [0.2, 0.25) is 0 Å². The first-order valence-electron chi connectivity index (χ1n) is 6.84. The van der Waals surface area contributed by atoms with Crippen LogP contribution in [0.2, 0.25) is 0 Å². The van der Waals surface area contributed by atoms with E-state index in [9.17, 15) is 4.79 Å². The van der Waals surface area contributed by atoms with Crippen molar-refractivity contribution in [3.8, 4) is 0 Å². The zero-order valence-electron chi connectivity index (χ0n) is 11.5. The number of hydrogen-bond acceptors (Lipinski definition) is 3. The van der Waals surface area contributed by atoms with E-state index in [2.05, 4.69) is 16.8 Å². The van der Waals surface area contributed by atoms with Gasteiger partial charge in [0.15, 0.2) is 0 Å². The topological polar surface area (TPSA) is 43.8 Å². The second-order valence-corrected chi connectivity index (χ2v) is 5.28. The number of carboxylic acids is 1. The van der Waals surface area contributed by atoms with E-state index >= 15 is 0 Å². The van der Waals surface area contributed by atoms with Crippen LogP contribution in [0.15, 0.2) is 24.3 Å². The van der Waals surface area contributed by atoms with Crippen molar-refractivity contribution in [3.05, 3.63) is 35.4 Å². The van der Waals surface area contributed by atoms with Crippen LogP contribution in [0, 0.1) is 0 Å². The first-order chi connectivity index (χ1) is 9.13. The Bertz CT molecular complexity index is 409. The highest BCUT2D eigenvalue weighted by Gasteiger charge is 2.13. The van der Waals surface area contributed by atoms with Crippen LogP contribution in [0.4, 0.5) is 0 Å². The van der Waals surface area contributed by atoms with Crippen molar-refractivity contribution in [2.45, 2.75) is 12.8 Å². The quantitative estimate of drug-likeness (QED) is 0.863. The SMILES string of the molecule is CN1CCN(CCc2ccc(CC(=O)O)cc2)CC1. The van der Waals surface area contributed by atoms with Crippen LogP contribution in [-0.2, 0) is 17.6 Å². The largest absolute Gasteiger partial charge is 0.481 e. The van der Waals surface area contributed by atoms with E-state index < -0.39 is 5.97 Å². The van der Waals surface area contributed by atoms with Gasteiger partial charge in [-0.3, -0.25) is 4.79 Å². The Hall–Kier alpha value is -1.39. The van der Waals surface area contributed by atoms with Crippen molar-refractivity contribution in [2.24, 2.45) is 0 Å². The molecule has 0 spiro atoms. The number of likely N-dealkylation sites (N-methyl/N-ethyl adjacent to an activating group) is 1. The van der Waals surface area contributed by atoms with Crippen LogP contribution in [0.1, 0.15) is 11.1 Å². The zero-order chi connectivity index (χ0) is 13.7. The summed E-state index contributed by atoms with van der Waals surface area (Å²) in [4.78, 5) is 15.5. The molecule has 1 aliphatic rings. The maximum absolute atomic E-state index is 10.6. The number of carbonyl (C=O) groups is 1. The first kappa shape index (κ1) is 14.0. The molecule has 0 aromatic heterocycles. The summed E-state index contributed by atoms with van der Waals surface area (Å²) in [5.74, 6) is -0.773. The van der Waals surface area contributed by atoms with Crippen LogP contribution >= 0.6 is 0 Å². The molecule has 0 radical (unpaired) electrons. The Morgan fingerprint density at radius 2 is 1.68 bits per heavy atom. The maximum atomic E-state index is 10.6. The van der Waals surface area contributed by atoms with Crippen LogP contribution in [0.25, 0.3) is 0 Å². The van der Waals surface area contributed by atoms with E-state index in [1.54, 1.807) is 0 Å². The van der Waals surface area contributed by atoms with Gasteiger partial charge >= 0.3 is 5.97 Å². The number of piperazine rings is 1. The van der Waals surface area contributed by atoms with Crippen LogP contribution in [0.5, 0.6) is 0 Å². The van der Waals surface area contributed by atoms with Crippen molar-refractivity contribution in [3.63, 3.8) is 0 Å². The summed E-state index contributed by atoms with van der Waals surface area (Å²) < 4.78 is 0. The lowest BCUT2D eigenvalue weighted by atomic mass is 10.1. The fraction of sp³-hybridized carbons (Fsp3) is 0.533. The average molecular weight is 262 g/mol. The fourth-order valence-electron chi connectivity index (χ4n) is 2.36. The van der Waals surface area contributed by atoms with E-state index in [1.165, 1.54) is 5.56 Å². The molecule has 1 N–H and O–H groups in total. The van der Waals surface area contributed by atoms with Crippen LogP contribution < -0.4 is 0 Å². The van der Waals surface area contributed by atoms with Gasteiger partial charge < -0.3 is 14.9 Å². The number of rotatable bonds is 5. The number of carboxylic acid groups (broad SMARTS) is 1. The Labute approximate surface area is 114 Å². The highest BCUT2D eigenvalue weighted by molar-refractivity contribution is 5.70. The molecular formula is C15H22N2O2. The van der Waals surface area contributed by atoms with Crippen molar-refractivity contribution in [2.75, 3.05) is 39.8 Å². The van der Waals surface area contributed by atoms with E-state index in [1.807, 2.05) is 24.3 Å².